The van der Waals surface area contributed by atoms with Crippen molar-refractivity contribution < 1.29 is 14.4 Å². The van der Waals surface area contributed by atoms with E-state index in [0.29, 0.717) is 17.7 Å². The second-order valence-electron chi connectivity index (χ2n) is 6.06. The minimum Gasteiger partial charge on any atom is -0.326 e. The van der Waals surface area contributed by atoms with Gasteiger partial charge in [0, 0.05) is 23.7 Å². The summed E-state index contributed by atoms with van der Waals surface area (Å²) in [5.74, 6) is -0.951. The Labute approximate surface area is 158 Å². The van der Waals surface area contributed by atoms with Crippen LogP contribution in [0.2, 0.25) is 0 Å². The highest BCUT2D eigenvalue weighted by Crippen LogP contribution is 2.10. The summed E-state index contributed by atoms with van der Waals surface area (Å²) in [6.45, 7) is 3.92. The molecule has 0 aliphatic rings. The lowest BCUT2D eigenvalue weighted by atomic mass is 10.1. The van der Waals surface area contributed by atoms with Gasteiger partial charge in [-0.2, -0.15) is 0 Å². The first-order valence-corrected chi connectivity index (χ1v) is 8.73. The first-order chi connectivity index (χ1) is 13.0. The number of amides is 3. The van der Waals surface area contributed by atoms with Gasteiger partial charge in [-0.3, -0.25) is 25.2 Å². The van der Waals surface area contributed by atoms with E-state index in [9.17, 15) is 14.4 Å². The van der Waals surface area contributed by atoms with Gasteiger partial charge in [-0.05, 0) is 49.2 Å². The van der Waals surface area contributed by atoms with E-state index in [4.69, 9.17) is 0 Å². The fourth-order valence-corrected chi connectivity index (χ4v) is 2.24. The fraction of sp³-hybridized carbons (Fsp3) is 0.190. The normalized spacial score (nSPS) is 10.4. The zero-order valence-corrected chi connectivity index (χ0v) is 15.4. The average molecular weight is 365 g/mol. The molecule has 0 aliphatic heterocycles. The Balaban J connectivity index is 1.83. The van der Waals surface area contributed by atoms with Gasteiger partial charge in [0.05, 0.1) is 0 Å². The van der Waals surface area contributed by atoms with Crippen molar-refractivity contribution >= 4 is 29.5 Å². The smallest absolute Gasteiger partial charge is 0.269 e. The third-order valence-corrected chi connectivity index (χ3v) is 3.71. The van der Waals surface area contributed by atoms with Gasteiger partial charge in [-0.1, -0.05) is 36.8 Å². The zero-order chi connectivity index (χ0) is 19.6. The van der Waals surface area contributed by atoms with Crippen molar-refractivity contribution in [3.8, 4) is 0 Å². The number of hydrogen-bond acceptors (Lipinski definition) is 3. The SMILES string of the molecule is CCCC(=O)Nc1ccc(C(=O)NNC(=O)C=Cc2ccc(C)cc2)cc1. The highest BCUT2D eigenvalue weighted by molar-refractivity contribution is 5.98. The number of benzene rings is 2. The van der Waals surface area contributed by atoms with Gasteiger partial charge in [0.15, 0.2) is 0 Å². The number of aryl methyl sites for hydroxylation is 1. The minimum atomic E-state index is -0.446. The summed E-state index contributed by atoms with van der Waals surface area (Å²) < 4.78 is 0. The van der Waals surface area contributed by atoms with Gasteiger partial charge >= 0.3 is 0 Å². The van der Waals surface area contributed by atoms with Crippen LogP contribution in [0.25, 0.3) is 6.08 Å². The molecular formula is C21H23N3O3. The summed E-state index contributed by atoms with van der Waals surface area (Å²) in [5, 5.41) is 2.75. The molecule has 2 aromatic rings. The number of hydrazine groups is 1. The maximum Gasteiger partial charge on any atom is 0.269 e. The minimum absolute atomic E-state index is 0.0673. The summed E-state index contributed by atoms with van der Waals surface area (Å²) in [6.07, 6.45) is 4.22. The van der Waals surface area contributed by atoms with Crippen molar-refractivity contribution in [2.45, 2.75) is 26.7 Å². The van der Waals surface area contributed by atoms with Crippen molar-refractivity contribution in [2.75, 3.05) is 5.32 Å². The molecule has 27 heavy (non-hydrogen) atoms. The van der Waals surface area contributed by atoms with Crippen LogP contribution in [0, 0.1) is 6.92 Å². The Bertz CT molecular complexity index is 825. The molecule has 2 rings (SSSR count). The zero-order valence-electron chi connectivity index (χ0n) is 15.4. The number of rotatable bonds is 6. The van der Waals surface area contributed by atoms with Crippen molar-refractivity contribution in [3.05, 3.63) is 71.3 Å². The molecule has 0 aliphatic carbocycles. The number of nitrogens with one attached hydrogen (secondary N) is 3. The third kappa shape index (κ3) is 6.78. The molecule has 0 atom stereocenters. The molecule has 0 unspecified atom stereocenters. The van der Waals surface area contributed by atoms with E-state index in [1.807, 2.05) is 38.1 Å². The van der Waals surface area contributed by atoms with Crippen LogP contribution in [0.5, 0.6) is 0 Å². The number of anilines is 1. The second-order valence-corrected chi connectivity index (χ2v) is 6.06. The summed E-state index contributed by atoms with van der Waals surface area (Å²) in [6, 6.07) is 14.1. The van der Waals surface area contributed by atoms with Crippen molar-refractivity contribution in [1.29, 1.82) is 0 Å². The van der Waals surface area contributed by atoms with Crippen LogP contribution in [0.3, 0.4) is 0 Å². The Morgan fingerprint density at radius 1 is 0.926 bits per heavy atom. The molecule has 0 saturated carbocycles. The molecule has 140 valence electrons. The maximum absolute atomic E-state index is 12.1. The van der Waals surface area contributed by atoms with Gasteiger partial charge in [0.1, 0.15) is 0 Å². The second kappa shape index (κ2) is 9.91. The topological polar surface area (TPSA) is 87.3 Å². The Kier molecular flexibility index (Phi) is 7.31. The summed E-state index contributed by atoms with van der Waals surface area (Å²) in [5.41, 5.74) is 7.70. The van der Waals surface area contributed by atoms with E-state index in [1.165, 1.54) is 6.08 Å². The molecule has 0 aromatic heterocycles. The van der Waals surface area contributed by atoms with E-state index < -0.39 is 11.8 Å². The van der Waals surface area contributed by atoms with Crippen LogP contribution in [0.1, 0.15) is 41.3 Å². The molecule has 2 aromatic carbocycles. The van der Waals surface area contributed by atoms with Crippen LogP contribution < -0.4 is 16.2 Å². The largest absolute Gasteiger partial charge is 0.326 e. The average Bonchev–Trinajstić information content (AvgIpc) is 2.66. The maximum atomic E-state index is 12.1. The number of carbonyl (C=O) groups excluding carboxylic acids is 3. The molecule has 0 saturated heterocycles. The number of hydrogen-bond donors (Lipinski definition) is 3. The Morgan fingerprint density at radius 3 is 2.22 bits per heavy atom. The highest BCUT2D eigenvalue weighted by Gasteiger charge is 2.07. The summed E-state index contributed by atoms with van der Waals surface area (Å²) in [4.78, 5) is 35.4. The molecule has 6 nitrogen and oxygen atoms in total. The fourth-order valence-electron chi connectivity index (χ4n) is 2.24. The van der Waals surface area contributed by atoms with Gasteiger partial charge in [0.2, 0.25) is 5.91 Å². The van der Waals surface area contributed by atoms with E-state index in [1.54, 1.807) is 30.3 Å². The van der Waals surface area contributed by atoms with E-state index in [2.05, 4.69) is 16.2 Å². The third-order valence-electron chi connectivity index (χ3n) is 3.71. The van der Waals surface area contributed by atoms with Gasteiger partial charge in [0.25, 0.3) is 11.8 Å². The van der Waals surface area contributed by atoms with Gasteiger partial charge < -0.3 is 5.32 Å². The summed E-state index contributed by atoms with van der Waals surface area (Å²) in [7, 11) is 0. The standard InChI is InChI=1S/C21H23N3O3/c1-3-4-19(25)22-18-12-10-17(11-13-18)21(27)24-23-20(26)14-9-16-7-5-15(2)6-8-16/h5-14H,3-4H2,1-2H3,(H,22,25)(H,23,26)(H,24,27). The van der Waals surface area contributed by atoms with Crippen LogP contribution >= 0.6 is 0 Å². The Hall–Kier alpha value is -3.41. The molecule has 0 bridgehead atoms. The van der Waals surface area contributed by atoms with Gasteiger partial charge in [-0.15, -0.1) is 0 Å². The molecule has 0 radical (unpaired) electrons. The summed E-state index contributed by atoms with van der Waals surface area (Å²) >= 11 is 0. The van der Waals surface area contributed by atoms with Gasteiger partial charge in [-0.25, -0.2) is 0 Å². The molecule has 3 N–H and O–H groups in total. The highest BCUT2D eigenvalue weighted by atomic mass is 16.2. The molecule has 0 heterocycles. The predicted molar refractivity (Wildman–Crippen MR) is 106 cm³/mol. The van der Waals surface area contributed by atoms with Crippen molar-refractivity contribution in [1.82, 2.24) is 10.9 Å². The van der Waals surface area contributed by atoms with Crippen LogP contribution in [-0.4, -0.2) is 17.7 Å². The lowest BCUT2D eigenvalue weighted by Gasteiger charge is -2.07. The molecule has 0 fully saturated rings. The molecule has 0 spiro atoms. The number of carbonyl (C=O) groups is 3. The van der Waals surface area contributed by atoms with Crippen molar-refractivity contribution in [3.63, 3.8) is 0 Å². The van der Waals surface area contributed by atoms with Crippen molar-refractivity contribution in [2.24, 2.45) is 0 Å². The first kappa shape index (κ1) is 19.9. The van der Waals surface area contributed by atoms with E-state index >= 15 is 0 Å². The lowest BCUT2D eigenvalue weighted by Crippen LogP contribution is -2.40. The molecule has 6 heteroatoms. The quantitative estimate of drug-likeness (QED) is 0.543. The predicted octanol–water partition coefficient (Wildman–Crippen LogP) is 3.21. The van der Waals surface area contributed by atoms with E-state index in [-0.39, 0.29) is 5.91 Å². The first-order valence-electron chi connectivity index (χ1n) is 8.73. The Morgan fingerprint density at radius 2 is 1.59 bits per heavy atom. The molecule has 3 amide bonds. The van der Waals surface area contributed by atoms with E-state index in [0.717, 1.165) is 17.5 Å². The molecular weight excluding hydrogens is 342 g/mol. The van der Waals surface area contributed by atoms with Crippen LogP contribution in [0.4, 0.5) is 5.69 Å². The van der Waals surface area contributed by atoms with Crippen LogP contribution in [0.15, 0.2) is 54.6 Å². The monoisotopic (exact) mass is 365 g/mol. The van der Waals surface area contributed by atoms with Crippen LogP contribution in [-0.2, 0) is 9.59 Å². The lowest BCUT2D eigenvalue weighted by molar-refractivity contribution is -0.117.